The van der Waals surface area contributed by atoms with Gasteiger partial charge in [0, 0.05) is 24.3 Å². The maximum atomic E-state index is 11.4. The Hall–Kier alpha value is -1.63. The van der Waals surface area contributed by atoms with E-state index in [0.717, 1.165) is 5.69 Å². The summed E-state index contributed by atoms with van der Waals surface area (Å²) in [6, 6.07) is 1.74. The summed E-state index contributed by atoms with van der Waals surface area (Å²) in [4.78, 5) is 8.58. The van der Waals surface area contributed by atoms with Crippen LogP contribution in [0.2, 0.25) is 0 Å². The Kier molecular flexibility index (Phi) is 4.04. The van der Waals surface area contributed by atoms with Crippen LogP contribution in [0.5, 0.6) is 0 Å². The molecule has 0 radical (unpaired) electrons. The van der Waals surface area contributed by atoms with Gasteiger partial charge in [0.2, 0.25) is 5.95 Å². The highest BCUT2D eigenvalue weighted by Crippen LogP contribution is 2.16. The summed E-state index contributed by atoms with van der Waals surface area (Å²) >= 11 is 0. The summed E-state index contributed by atoms with van der Waals surface area (Å²) in [7, 11) is -2.90. The zero-order valence-electron chi connectivity index (χ0n) is 10.9. The molecule has 1 fully saturated rings. The smallest absolute Gasteiger partial charge is 0.225 e. The number of hydrogen-bond acceptors (Lipinski definition) is 6. The van der Waals surface area contributed by atoms with Crippen molar-refractivity contribution in [3.05, 3.63) is 24.4 Å². The van der Waals surface area contributed by atoms with Crippen molar-refractivity contribution in [3.8, 4) is 0 Å². The van der Waals surface area contributed by atoms with Crippen LogP contribution in [0.3, 0.4) is 0 Å². The van der Waals surface area contributed by atoms with Gasteiger partial charge in [-0.3, -0.25) is 0 Å². The predicted octanol–water partition coefficient (Wildman–Crippen LogP) is 0.982. The topological polar surface area (TPSA) is 84.0 Å². The molecule has 0 aromatic carbocycles. The molecule has 1 aromatic rings. The predicted molar refractivity (Wildman–Crippen MR) is 76.1 cm³/mol. The van der Waals surface area contributed by atoms with Crippen LogP contribution in [0.15, 0.2) is 18.7 Å². The highest BCUT2D eigenvalue weighted by molar-refractivity contribution is 7.91. The first-order valence-electron chi connectivity index (χ1n) is 6.16. The average molecular weight is 282 g/mol. The number of nitrogens with one attached hydrogen (secondary N) is 2. The number of anilines is 2. The van der Waals surface area contributed by atoms with Gasteiger partial charge in [0.15, 0.2) is 9.84 Å². The highest BCUT2D eigenvalue weighted by Gasteiger charge is 2.28. The maximum Gasteiger partial charge on any atom is 0.225 e. The molecule has 104 valence electrons. The fourth-order valence-electron chi connectivity index (χ4n) is 1.99. The van der Waals surface area contributed by atoms with Crippen molar-refractivity contribution in [2.24, 2.45) is 0 Å². The number of sulfone groups is 1. The van der Waals surface area contributed by atoms with Crippen molar-refractivity contribution in [1.29, 1.82) is 0 Å². The Morgan fingerprint density at radius 2 is 2.32 bits per heavy atom. The van der Waals surface area contributed by atoms with Crippen molar-refractivity contribution in [2.45, 2.75) is 19.4 Å². The Bertz CT molecular complexity index is 571. The molecule has 1 aliphatic heterocycles. The third kappa shape index (κ3) is 3.92. The second-order valence-corrected chi connectivity index (χ2v) is 6.86. The molecule has 1 aliphatic rings. The molecule has 1 saturated heterocycles. The van der Waals surface area contributed by atoms with Gasteiger partial charge < -0.3 is 10.6 Å². The second kappa shape index (κ2) is 5.56. The van der Waals surface area contributed by atoms with Crippen LogP contribution in [0.1, 0.15) is 12.1 Å². The summed E-state index contributed by atoms with van der Waals surface area (Å²) in [5.41, 5.74) is 0.824. The monoisotopic (exact) mass is 282 g/mol. The first kappa shape index (κ1) is 13.8. The van der Waals surface area contributed by atoms with Crippen LogP contribution < -0.4 is 10.6 Å². The Morgan fingerprint density at radius 3 is 2.95 bits per heavy atom. The normalized spacial score (nSPS) is 21.0. The molecule has 0 aliphatic carbocycles. The zero-order valence-corrected chi connectivity index (χ0v) is 11.7. The molecule has 6 nitrogen and oxygen atoms in total. The van der Waals surface area contributed by atoms with E-state index in [2.05, 4.69) is 27.2 Å². The van der Waals surface area contributed by atoms with Crippen LogP contribution >= 0.6 is 0 Å². The third-order valence-electron chi connectivity index (χ3n) is 2.85. The summed E-state index contributed by atoms with van der Waals surface area (Å²) in [5, 5.41) is 6.18. The fraction of sp³-hybridized carbons (Fsp3) is 0.500. The van der Waals surface area contributed by atoms with E-state index in [1.165, 1.54) is 0 Å². The van der Waals surface area contributed by atoms with Gasteiger partial charge in [0.25, 0.3) is 0 Å². The van der Waals surface area contributed by atoms with Crippen LogP contribution in [-0.4, -0.2) is 42.5 Å². The summed E-state index contributed by atoms with van der Waals surface area (Å²) in [6.45, 7) is 6.12. The van der Waals surface area contributed by atoms with Crippen molar-refractivity contribution in [1.82, 2.24) is 9.97 Å². The standard InChI is InChI=1S/C12H18N4O2S/c1-3-5-13-11-7-9(2)14-12(16-11)15-10-4-6-19(17,18)8-10/h3,7,10H,1,4-6,8H2,2H3,(H2,13,14,15,16). The van der Waals surface area contributed by atoms with E-state index < -0.39 is 9.84 Å². The second-order valence-electron chi connectivity index (χ2n) is 4.63. The molecule has 0 saturated carbocycles. The lowest BCUT2D eigenvalue weighted by Crippen LogP contribution is -2.22. The number of aryl methyl sites for hydroxylation is 1. The quantitative estimate of drug-likeness (QED) is 0.783. The number of aromatic nitrogens is 2. The van der Waals surface area contributed by atoms with Gasteiger partial charge in [-0.05, 0) is 13.3 Å². The van der Waals surface area contributed by atoms with Crippen LogP contribution in [0.25, 0.3) is 0 Å². The fourth-order valence-corrected chi connectivity index (χ4v) is 3.67. The van der Waals surface area contributed by atoms with Crippen molar-refractivity contribution < 1.29 is 8.42 Å². The number of rotatable bonds is 5. The minimum absolute atomic E-state index is 0.0981. The molecule has 2 rings (SSSR count). The average Bonchev–Trinajstić information content (AvgIpc) is 2.65. The van der Waals surface area contributed by atoms with Gasteiger partial charge in [0.1, 0.15) is 5.82 Å². The molecule has 1 unspecified atom stereocenters. The van der Waals surface area contributed by atoms with Crippen LogP contribution in [0, 0.1) is 6.92 Å². The molecule has 19 heavy (non-hydrogen) atoms. The lowest BCUT2D eigenvalue weighted by molar-refractivity contribution is 0.602. The molecule has 0 bridgehead atoms. The van der Waals surface area contributed by atoms with Crippen molar-refractivity contribution in [2.75, 3.05) is 28.7 Å². The van der Waals surface area contributed by atoms with E-state index in [-0.39, 0.29) is 17.5 Å². The summed E-state index contributed by atoms with van der Waals surface area (Å²) < 4.78 is 22.8. The summed E-state index contributed by atoms with van der Waals surface area (Å²) in [5.74, 6) is 1.56. The summed E-state index contributed by atoms with van der Waals surface area (Å²) in [6.07, 6.45) is 2.35. The first-order chi connectivity index (χ1) is 8.98. The van der Waals surface area contributed by atoms with E-state index in [1.807, 2.05) is 13.0 Å². The first-order valence-corrected chi connectivity index (χ1v) is 7.98. The van der Waals surface area contributed by atoms with E-state index in [4.69, 9.17) is 0 Å². The Morgan fingerprint density at radius 1 is 1.53 bits per heavy atom. The number of hydrogen-bond donors (Lipinski definition) is 2. The third-order valence-corrected chi connectivity index (χ3v) is 4.62. The Labute approximate surface area is 113 Å². The maximum absolute atomic E-state index is 11.4. The van der Waals surface area contributed by atoms with Gasteiger partial charge >= 0.3 is 0 Å². The number of nitrogens with zero attached hydrogens (tertiary/aromatic N) is 2. The molecule has 2 N–H and O–H groups in total. The molecule has 2 heterocycles. The molecule has 0 spiro atoms. The van der Waals surface area contributed by atoms with Crippen molar-refractivity contribution in [3.63, 3.8) is 0 Å². The van der Waals surface area contributed by atoms with Gasteiger partial charge in [-0.2, -0.15) is 4.98 Å². The molecular weight excluding hydrogens is 264 g/mol. The van der Waals surface area contributed by atoms with Gasteiger partial charge in [0.05, 0.1) is 11.5 Å². The SMILES string of the molecule is C=CCNc1cc(C)nc(NC2CCS(=O)(=O)C2)n1. The van der Waals surface area contributed by atoms with E-state index >= 15 is 0 Å². The highest BCUT2D eigenvalue weighted by atomic mass is 32.2. The largest absolute Gasteiger partial charge is 0.366 e. The van der Waals surface area contributed by atoms with E-state index in [9.17, 15) is 8.42 Å². The van der Waals surface area contributed by atoms with Gasteiger partial charge in [-0.25, -0.2) is 13.4 Å². The van der Waals surface area contributed by atoms with Gasteiger partial charge in [-0.1, -0.05) is 6.08 Å². The minimum Gasteiger partial charge on any atom is -0.366 e. The van der Waals surface area contributed by atoms with E-state index in [0.29, 0.717) is 24.7 Å². The molecule has 1 aromatic heterocycles. The Balaban J connectivity index is 2.07. The molecule has 0 amide bonds. The van der Waals surface area contributed by atoms with Crippen molar-refractivity contribution >= 4 is 21.6 Å². The lowest BCUT2D eigenvalue weighted by atomic mass is 10.3. The zero-order chi connectivity index (χ0) is 13.9. The van der Waals surface area contributed by atoms with E-state index in [1.54, 1.807) is 6.08 Å². The molecular formula is C12H18N4O2S. The molecule has 7 heteroatoms. The minimum atomic E-state index is -2.90. The lowest BCUT2D eigenvalue weighted by Gasteiger charge is -2.12. The van der Waals surface area contributed by atoms with Crippen LogP contribution in [0.4, 0.5) is 11.8 Å². The molecule has 1 atom stereocenters. The van der Waals surface area contributed by atoms with Crippen LogP contribution in [-0.2, 0) is 9.84 Å². The van der Waals surface area contributed by atoms with Gasteiger partial charge in [-0.15, -0.1) is 6.58 Å².